The number of carbonyl (C=O) groups is 1. The highest BCUT2D eigenvalue weighted by molar-refractivity contribution is 5.96. The van der Waals surface area contributed by atoms with Crippen molar-refractivity contribution in [2.24, 2.45) is 0 Å². The van der Waals surface area contributed by atoms with Gasteiger partial charge in [-0.25, -0.2) is 0 Å². The molecular formula is C17H21N3O5. The number of ether oxygens (including phenoxy) is 3. The van der Waals surface area contributed by atoms with Crippen LogP contribution < -0.4 is 14.2 Å². The topological polar surface area (TPSA) is 86.9 Å². The summed E-state index contributed by atoms with van der Waals surface area (Å²) in [4.78, 5) is 19.1. The molecule has 1 saturated heterocycles. The minimum atomic E-state index is -0.215. The molecule has 1 aromatic carbocycles. The van der Waals surface area contributed by atoms with E-state index in [0.29, 0.717) is 41.1 Å². The van der Waals surface area contributed by atoms with Gasteiger partial charge in [0.05, 0.1) is 21.3 Å². The van der Waals surface area contributed by atoms with E-state index in [4.69, 9.17) is 18.7 Å². The fraction of sp³-hybridized carbons (Fsp3) is 0.471. The summed E-state index contributed by atoms with van der Waals surface area (Å²) in [5.41, 5.74) is 0.456. The number of aryl methyl sites for hydroxylation is 1. The van der Waals surface area contributed by atoms with Crippen molar-refractivity contribution in [1.82, 2.24) is 15.0 Å². The van der Waals surface area contributed by atoms with Crippen molar-refractivity contribution in [3.8, 4) is 17.2 Å². The highest BCUT2D eigenvalue weighted by atomic mass is 16.5. The van der Waals surface area contributed by atoms with Gasteiger partial charge in [0.15, 0.2) is 17.3 Å². The molecule has 0 N–H and O–H groups in total. The van der Waals surface area contributed by atoms with Gasteiger partial charge in [-0.1, -0.05) is 5.16 Å². The summed E-state index contributed by atoms with van der Waals surface area (Å²) in [7, 11) is 4.56. The van der Waals surface area contributed by atoms with E-state index in [0.717, 1.165) is 12.8 Å². The maximum atomic E-state index is 13.1. The molecule has 0 aliphatic carbocycles. The molecule has 0 radical (unpaired) electrons. The Morgan fingerprint density at radius 1 is 1.20 bits per heavy atom. The van der Waals surface area contributed by atoms with E-state index in [9.17, 15) is 4.79 Å². The molecule has 1 aliphatic heterocycles. The lowest BCUT2D eigenvalue weighted by atomic mass is 10.1. The molecule has 1 amide bonds. The van der Waals surface area contributed by atoms with Crippen molar-refractivity contribution >= 4 is 5.91 Å². The number of hydrogen-bond acceptors (Lipinski definition) is 7. The highest BCUT2D eigenvalue weighted by Crippen LogP contribution is 2.40. The first-order valence-corrected chi connectivity index (χ1v) is 8.00. The second kappa shape index (κ2) is 7.00. The summed E-state index contributed by atoms with van der Waals surface area (Å²) in [6, 6.07) is 3.09. The SMILES string of the molecule is COc1cc(C(=O)N2CCCC2c2nc(C)no2)cc(OC)c1OC. The average Bonchev–Trinajstić information content (AvgIpc) is 3.28. The lowest BCUT2D eigenvalue weighted by Gasteiger charge is -2.23. The van der Waals surface area contributed by atoms with Gasteiger partial charge >= 0.3 is 0 Å². The molecule has 0 saturated carbocycles. The summed E-state index contributed by atoms with van der Waals surface area (Å²) in [5.74, 6) is 2.21. The van der Waals surface area contributed by atoms with Crippen LogP contribution in [0.25, 0.3) is 0 Å². The smallest absolute Gasteiger partial charge is 0.254 e. The molecule has 2 heterocycles. The van der Waals surface area contributed by atoms with Crippen molar-refractivity contribution in [3.63, 3.8) is 0 Å². The Balaban J connectivity index is 1.94. The fourth-order valence-electron chi connectivity index (χ4n) is 3.09. The van der Waals surface area contributed by atoms with Crippen LogP contribution in [0.4, 0.5) is 0 Å². The monoisotopic (exact) mass is 347 g/mol. The molecule has 8 heteroatoms. The molecule has 1 aliphatic rings. The third-order valence-electron chi connectivity index (χ3n) is 4.25. The quantitative estimate of drug-likeness (QED) is 0.820. The Hall–Kier alpha value is -2.77. The van der Waals surface area contributed by atoms with Gasteiger partial charge in [0.2, 0.25) is 11.6 Å². The molecule has 1 atom stereocenters. The molecule has 1 fully saturated rings. The van der Waals surface area contributed by atoms with Gasteiger partial charge in [0.25, 0.3) is 5.91 Å². The van der Waals surface area contributed by atoms with Crippen LogP contribution in [0.3, 0.4) is 0 Å². The first-order chi connectivity index (χ1) is 12.1. The lowest BCUT2D eigenvalue weighted by Crippen LogP contribution is -2.30. The number of rotatable bonds is 5. The molecule has 0 bridgehead atoms. The summed E-state index contributed by atoms with van der Waals surface area (Å²) in [6.07, 6.45) is 1.67. The molecule has 2 aromatic rings. The van der Waals surface area contributed by atoms with Gasteiger partial charge in [0.1, 0.15) is 6.04 Å². The Morgan fingerprint density at radius 3 is 2.40 bits per heavy atom. The van der Waals surface area contributed by atoms with Gasteiger partial charge in [-0.2, -0.15) is 4.98 Å². The molecule has 1 unspecified atom stereocenters. The second-order valence-corrected chi connectivity index (χ2v) is 5.75. The lowest BCUT2D eigenvalue weighted by molar-refractivity contribution is 0.0709. The Kier molecular flexibility index (Phi) is 4.78. The number of likely N-dealkylation sites (tertiary alicyclic amines) is 1. The first-order valence-electron chi connectivity index (χ1n) is 8.00. The van der Waals surface area contributed by atoms with Crippen LogP contribution in [0.15, 0.2) is 16.7 Å². The summed E-state index contributed by atoms with van der Waals surface area (Å²) < 4.78 is 21.2. The number of nitrogens with zero attached hydrogens (tertiary/aromatic N) is 3. The predicted octanol–water partition coefficient (Wildman–Crippen LogP) is 2.38. The summed E-state index contributed by atoms with van der Waals surface area (Å²) in [5, 5.41) is 3.82. The summed E-state index contributed by atoms with van der Waals surface area (Å²) in [6.45, 7) is 2.38. The zero-order valence-electron chi connectivity index (χ0n) is 14.7. The van der Waals surface area contributed by atoms with Crippen LogP contribution in [0.1, 0.15) is 41.0 Å². The van der Waals surface area contributed by atoms with E-state index < -0.39 is 0 Å². The van der Waals surface area contributed by atoms with E-state index in [1.165, 1.54) is 21.3 Å². The second-order valence-electron chi connectivity index (χ2n) is 5.75. The predicted molar refractivity (Wildman–Crippen MR) is 88.1 cm³/mol. The molecule has 1 aromatic heterocycles. The Labute approximate surface area is 145 Å². The maximum Gasteiger partial charge on any atom is 0.254 e. The number of methoxy groups -OCH3 is 3. The van der Waals surface area contributed by atoms with Crippen LogP contribution >= 0.6 is 0 Å². The van der Waals surface area contributed by atoms with Crippen LogP contribution in [0, 0.1) is 6.92 Å². The number of benzene rings is 1. The minimum absolute atomic E-state index is 0.141. The van der Waals surface area contributed by atoms with Gasteiger partial charge in [0, 0.05) is 12.1 Å². The van der Waals surface area contributed by atoms with Crippen molar-refractivity contribution in [2.45, 2.75) is 25.8 Å². The van der Waals surface area contributed by atoms with Gasteiger partial charge in [-0.3, -0.25) is 4.79 Å². The number of carbonyl (C=O) groups excluding carboxylic acids is 1. The van der Waals surface area contributed by atoms with Crippen LogP contribution in [-0.4, -0.2) is 48.8 Å². The van der Waals surface area contributed by atoms with E-state index in [2.05, 4.69) is 10.1 Å². The average molecular weight is 347 g/mol. The Bertz CT molecular complexity index is 748. The van der Waals surface area contributed by atoms with Crippen molar-refractivity contribution in [1.29, 1.82) is 0 Å². The van der Waals surface area contributed by atoms with Gasteiger partial charge in [-0.05, 0) is 31.9 Å². The third kappa shape index (κ3) is 3.11. The van der Waals surface area contributed by atoms with E-state index in [1.54, 1.807) is 24.0 Å². The van der Waals surface area contributed by atoms with Gasteiger partial charge in [-0.15, -0.1) is 0 Å². The van der Waals surface area contributed by atoms with Crippen LogP contribution in [0.5, 0.6) is 17.2 Å². The largest absolute Gasteiger partial charge is 0.493 e. The molecule has 0 spiro atoms. The molecule has 134 valence electrons. The Morgan fingerprint density at radius 2 is 1.88 bits per heavy atom. The molecule has 8 nitrogen and oxygen atoms in total. The fourth-order valence-corrected chi connectivity index (χ4v) is 3.09. The van der Waals surface area contributed by atoms with E-state index in [1.807, 2.05) is 0 Å². The molecule has 3 rings (SSSR count). The van der Waals surface area contributed by atoms with Crippen molar-refractivity contribution in [2.75, 3.05) is 27.9 Å². The number of amides is 1. The summed E-state index contributed by atoms with van der Waals surface area (Å²) >= 11 is 0. The maximum absolute atomic E-state index is 13.1. The number of aromatic nitrogens is 2. The normalized spacial score (nSPS) is 16.8. The first kappa shape index (κ1) is 17.1. The zero-order chi connectivity index (χ0) is 18.0. The van der Waals surface area contributed by atoms with E-state index in [-0.39, 0.29) is 11.9 Å². The van der Waals surface area contributed by atoms with Crippen molar-refractivity contribution < 1.29 is 23.5 Å². The standard InChI is InChI=1S/C17H21N3O5/c1-10-18-16(25-19-10)12-6-5-7-20(12)17(21)11-8-13(22-2)15(24-4)14(9-11)23-3/h8-9,12H,5-7H2,1-4H3. The highest BCUT2D eigenvalue weighted by Gasteiger charge is 2.35. The van der Waals surface area contributed by atoms with Crippen LogP contribution in [0.2, 0.25) is 0 Å². The van der Waals surface area contributed by atoms with Gasteiger partial charge < -0.3 is 23.6 Å². The third-order valence-corrected chi connectivity index (χ3v) is 4.25. The zero-order valence-corrected chi connectivity index (χ0v) is 14.7. The van der Waals surface area contributed by atoms with Crippen LogP contribution in [-0.2, 0) is 0 Å². The molecular weight excluding hydrogens is 326 g/mol. The minimum Gasteiger partial charge on any atom is -0.493 e. The van der Waals surface area contributed by atoms with E-state index >= 15 is 0 Å². The molecule has 25 heavy (non-hydrogen) atoms. The number of hydrogen-bond donors (Lipinski definition) is 0. The van der Waals surface area contributed by atoms with Crippen molar-refractivity contribution in [3.05, 3.63) is 29.4 Å².